The molecule has 0 bridgehead atoms. The molecule has 0 saturated heterocycles. The summed E-state index contributed by atoms with van der Waals surface area (Å²) in [5.74, 6) is 1.25. The van der Waals surface area contributed by atoms with Crippen LogP contribution in [0, 0.1) is 5.82 Å². The van der Waals surface area contributed by atoms with E-state index in [0.29, 0.717) is 22.9 Å². The third-order valence-electron chi connectivity index (χ3n) is 2.56. The molecule has 0 radical (unpaired) electrons. The number of anilines is 1. The highest BCUT2D eigenvalue weighted by atomic mass is 19.1. The lowest BCUT2D eigenvalue weighted by Gasteiger charge is -2.10. The minimum Gasteiger partial charge on any atom is -0.495 e. The van der Waals surface area contributed by atoms with E-state index in [1.165, 1.54) is 32.4 Å². The topological polar surface area (TPSA) is 53.7 Å². The summed E-state index contributed by atoms with van der Waals surface area (Å²) in [4.78, 5) is 0. The summed E-state index contributed by atoms with van der Waals surface area (Å²) in [6.07, 6.45) is 0. The van der Waals surface area contributed by atoms with E-state index in [2.05, 4.69) is 0 Å². The van der Waals surface area contributed by atoms with Gasteiger partial charge in [-0.2, -0.15) is 0 Å². The zero-order valence-corrected chi connectivity index (χ0v) is 10.6. The van der Waals surface area contributed by atoms with Crippen LogP contribution in [0.1, 0.15) is 0 Å². The van der Waals surface area contributed by atoms with Gasteiger partial charge in [0.2, 0.25) is 0 Å². The second-order valence-corrected chi connectivity index (χ2v) is 3.80. The van der Waals surface area contributed by atoms with Crippen LogP contribution in [0.5, 0.6) is 23.0 Å². The lowest BCUT2D eigenvalue weighted by atomic mass is 10.2. The van der Waals surface area contributed by atoms with Crippen molar-refractivity contribution in [2.75, 3.05) is 20.0 Å². The van der Waals surface area contributed by atoms with Crippen LogP contribution in [0.3, 0.4) is 0 Å². The number of nitrogen functional groups attached to an aromatic ring is 1. The van der Waals surface area contributed by atoms with Crippen molar-refractivity contribution in [2.45, 2.75) is 0 Å². The van der Waals surface area contributed by atoms with Crippen molar-refractivity contribution in [3.8, 4) is 23.0 Å². The lowest BCUT2D eigenvalue weighted by molar-refractivity contribution is 0.381. The Labute approximate surface area is 110 Å². The van der Waals surface area contributed by atoms with Crippen LogP contribution in [-0.4, -0.2) is 14.2 Å². The molecule has 19 heavy (non-hydrogen) atoms. The van der Waals surface area contributed by atoms with Crippen LogP contribution in [-0.2, 0) is 0 Å². The van der Waals surface area contributed by atoms with Crippen molar-refractivity contribution in [3.05, 3.63) is 42.2 Å². The van der Waals surface area contributed by atoms with E-state index in [9.17, 15) is 4.39 Å². The van der Waals surface area contributed by atoms with Crippen molar-refractivity contribution in [3.63, 3.8) is 0 Å². The minimum atomic E-state index is -0.441. The van der Waals surface area contributed by atoms with Crippen LogP contribution in [0.15, 0.2) is 36.4 Å². The van der Waals surface area contributed by atoms with Crippen LogP contribution >= 0.6 is 0 Å². The zero-order valence-electron chi connectivity index (χ0n) is 10.6. The summed E-state index contributed by atoms with van der Waals surface area (Å²) in [5.41, 5.74) is 6.24. The molecule has 5 heteroatoms. The Bertz CT molecular complexity index is 587. The van der Waals surface area contributed by atoms with Gasteiger partial charge in [-0.25, -0.2) is 4.39 Å². The molecule has 0 aliphatic carbocycles. The van der Waals surface area contributed by atoms with E-state index in [0.717, 1.165) is 0 Å². The summed E-state index contributed by atoms with van der Waals surface area (Å²) in [6, 6.07) is 9.31. The van der Waals surface area contributed by atoms with E-state index < -0.39 is 5.82 Å². The molecule has 0 saturated carbocycles. The van der Waals surface area contributed by atoms with Gasteiger partial charge in [0.05, 0.1) is 19.9 Å². The third-order valence-corrected chi connectivity index (χ3v) is 2.56. The quantitative estimate of drug-likeness (QED) is 0.860. The van der Waals surface area contributed by atoms with Crippen molar-refractivity contribution < 1.29 is 18.6 Å². The predicted molar refractivity (Wildman–Crippen MR) is 70.4 cm³/mol. The Morgan fingerprint density at radius 3 is 2.16 bits per heavy atom. The number of benzene rings is 2. The highest BCUT2D eigenvalue weighted by Crippen LogP contribution is 2.31. The SMILES string of the molecule is COc1ccc(Oc2ccc(F)c(OC)c2)cc1N. The van der Waals surface area contributed by atoms with Gasteiger partial charge in [-0.1, -0.05) is 0 Å². The number of hydrogen-bond acceptors (Lipinski definition) is 4. The highest BCUT2D eigenvalue weighted by molar-refractivity contribution is 5.56. The molecule has 2 aromatic carbocycles. The van der Waals surface area contributed by atoms with Gasteiger partial charge in [-0.3, -0.25) is 0 Å². The maximum absolute atomic E-state index is 13.3. The smallest absolute Gasteiger partial charge is 0.165 e. The first-order valence-corrected chi connectivity index (χ1v) is 5.59. The zero-order chi connectivity index (χ0) is 13.8. The maximum atomic E-state index is 13.3. The van der Waals surface area contributed by atoms with E-state index >= 15 is 0 Å². The number of nitrogens with two attached hydrogens (primary N) is 1. The monoisotopic (exact) mass is 263 g/mol. The molecule has 2 rings (SSSR count). The van der Waals surface area contributed by atoms with Gasteiger partial charge >= 0.3 is 0 Å². The fourth-order valence-corrected chi connectivity index (χ4v) is 1.62. The van der Waals surface area contributed by atoms with Crippen molar-refractivity contribution in [1.82, 2.24) is 0 Å². The molecular weight excluding hydrogens is 249 g/mol. The first-order valence-electron chi connectivity index (χ1n) is 5.59. The molecule has 0 fully saturated rings. The van der Waals surface area contributed by atoms with Gasteiger partial charge in [0.1, 0.15) is 17.2 Å². The molecule has 0 aromatic heterocycles. The molecule has 0 unspecified atom stereocenters. The van der Waals surface area contributed by atoms with Crippen LogP contribution in [0.4, 0.5) is 10.1 Å². The van der Waals surface area contributed by atoms with Gasteiger partial charge < -0.3 is 19.9 Å². The third kappa shape index (κ3) is 2.88. The van der Waals surface area contributed by atoms with Gasteiger partial charge in [-0.05, 0) is 24.3 Å². The molecule has 0 aliphatic rings. The van der Waals surface area contributed by atoms with Crippen molar-refractivity contribution in [2.24, 2.45) is 0 Å². The minimum absolute atomic E-state index is 0.124. The number of hydrogen-bond donors (Lipinski definition) is 1. The molecule has 2 N–H and O–H groups in total. The van der Waals surface area contributed by atoms with Crippen LogP contribution < -0.4 is 19.9 Å². The second kappa shape index (κ2) is 5.48. The fraction of sp³-hybridized carbons (Fsp3) is 0.143. The summed E-state index contributed by atoms with van der Waals surface area (Å²) in [5, 5.41) is 0. The number of halogens is 1. The normalized spacial score (nSPS) is 10.1. The molecule has 2 aromatic rings. The van der Waals surface area contributed by atoms with Gasteiger partial charge in [0, 0.05) is 12.1 Å². The second-order valence-electron chi connectivity index (χ2n) is 3.80. The first-order chi connectivity index (χ1) is 9.13. The van der Waals surface area contributed by atoms with E-state index in [4.69, 9.17) is 19.9 Å². The summed E-state index contributed by atoms with van der Waals surface area (Å²) < 4.78 is 28.8. The summed E-state index contributed by atoms with van der Waals surface area (Å²) >= 11 is 0. The Kier molecular flexibility index (Phi) is 3.75. The fourth-order valence-electron chi connectivity index (χ4n) is 1.62. The lowest BCUT2D eigenvalue weighted by Crippen LogP contribution is -1.94. The Hall–Kier alpha value is -2.43. The van der Waals surface area contributed by atoms with Crippen LogP contribution in [0.25, 0.3) is 0 Å². The number of rotatable bonds is 4. The molecule has 0 aliphatic heterocycles. The Morgan fingerprint density at radius 1 is 0.895 bits per heavy atom. The summed E-state index contributed by atoms with van der Waals surface area (Å²) in [6.45, 7) is 0. The molecule has 0 amide bonds. The van der Waals surface area contributed by atoms with Crippen molar-refractivity contribution >= 4 is 5.69 Å². The largest absolute Gasteiger partial charge is 0.495 e. The van der Waals surface area contributed by atoms with Crippen molar-refractivity contribution in [1.29, 1.82) is 0 Å². The highest BCUT2D eigenvalue weighted by Gasteiger charge is 2.06. The molecule has 0 spiro atoms. The number of ether oxygens (including phenoxy) is 3. The van der Waals surface area contributed by atoms with E-state index in [1.54, 1.807) is 18.2 Å². The van der Waals surface area contributed by atoms with Crippen LogP contribution in [0.2, 0.25) is 0 Å². The average molecular weight is 263 g/mol. The van der Waals surface area contributed by atoms with Gasteiger partial charge in [0.25, 0.3) is 0 Å². The molecule has 0 heterocycles. The molecule has 0 atom stereocenters. The average Bonchev–Trinajstić information content (AvgIpc) is 2.41. The molecule has 100 valence electrons. The maximum Gasteiger partial charge on any atom is 0.165 e. The van der Waals surface area contributed by atoms with Gasteiger partial charge in [0.15, 0.2) is 11.6 Å². The van der Waals surface area contributed by atoms with E-state index in [-0.39, 0.29) is 5.75 Å². The van der Waals surface area contributed by atoms with Gasteiger partial charge in [-0.15, -0.1) is 0 Å². The Balaban J connectivity index is 2.23. The molecular formula is C14H14FNO3. The first kappa shape index (κ1) is 13.0. The van der Waals surface area contributed by atoms with E-state index in [1.807, 2.05) is 0 Å². The number of methoxy groups -OCH3 is 2. The Morgan fingerprint density at radius 2 is 1.53 bits per heavy atom. The standard InChI is InChI=1S/C14H14FNO3/c1-17-13-6-4-9(7-12(13)16)19-10-3-5-11(15)14(8-10)18-2/h3-8H,16H2,1-2H3. The predicted octanol–water partition coefficient (Wildman–Crippen LogP) is 3.22. The summed E-state index contributed by atoms with van der Waals surface area (Å²) in [7, 11) is 2.94. The molecule has 4 nitrogen and oxygen atoms in total.